The predicted octanol–water partition coefficient (Wildman–Crippen LogP) is 4.92. The van der Waals surface area contributed by atoms with Gasteiger partial charge < -0.3 is 10.1 Å². The van der Waals surface area contributed by atoms with Gasteiger partial charge in [0.15, 0.2) is 0 Å². The Morgan fingerprint density at radius 2 is 1.42 bits per heavy atom. The highest BCUT2D eigenvalue weighted by Crippen LogP contribution is 2.11. The summed E-state index contributed by atoms with van der Waals surface area (Å²) in [6.07, 6.45) is 13.4. The first-order valence-electron chi connectivity index (χ1n) is 8.66. The van der Waals surface area contributed by atoms with Crippen LogP contribution >= 0.6 is 0 Å². The van der Waals surface area contributed by atoms with Crippen LogP contribution in [0, 0.1) is 0 Å². The number of nitrogens with one attached hydrogen (secondary N) is 1. The third-order valence-corrected chi connectivity index (χ3v) is 3.61. The monoisotopic (exact) mass is 271 g/mol. The lowest BCUT2D eigenvalue weighted by atomic mass is 10.0. The van der Waals surface area contributed by atoms with Crippen molar-refractivity contribution in [3.8, 4) is 0 Å². The highest BCUT2D eigenvalue weighted by molar-refractivity contribution is 4.66. The van der Waals surface area contributed by atoms with Crippen LogP contribution in [0.15, 0.2) is 0 Å². The van der Waals surface area contributed by atoms with E-state index in [1.807, 2.05) is 0 Å². The average molecular weight is 271 g/mol. The van der Waals surface area contributed by atoms with Gasteiger partial charge in [0.1, 0.15) is 0 Å². The summed E-state index contributed by atoms with van der Waals surface area (Å²) in [5.74, 6) is 0. The van der Waals surface area contributed by atoms with Gasteiger partial charge >= 0.3 is 0 Å². The van der Waals surface area contributed by atoms with Crippen molar-refractivity contribution in [1.82, 2.24) is 5.32 Å². The molecule has 0 radical (unpaired) electrons. The molecule has 0 fully saturated rings. The van der Waals surface area contributed by atoms with Crippen molar-refractivity contribution < 1.29 is 4.74 Å². The Labute approximate surface area is 121 Å². The maximum atomic E-state index is 5.59. The van der Waals surface area contributed by atoms with Crippen molar-refractivity contribution >= 4 is 0 Å². The van der Waals surface area contributed by atoms with Crippen LogP contribution in [0.1, 0.15) is 85.0 Å². The minimum absolute atomic E-state index is 0.664. The summed E-state index contributed by atoms with van der Waals surface area (Å²) in [7, 11) is 0. The molecule has 0 saturated carbocycles. The Morgan fingerprint density at radius 1 is 0.737 bits per heavy atom. The van der Waals surface area contributed by atoms with Crippen molar-refractivity contribution in [2.75, 3.05) is 19.8 Å². The van der Waals surface area contributed by atoms with Gasteiger partial charge in [-0.15, -0.1) is 0 Å². The minimum atomic E-state index is 0.664. The van der Waals surface area contributed by atoms with Gasteiger partial charge in [-0.25, -0.2) is 0 Å². The third-order valence-electron chi connectivity index (χ3n) is 3.61. The molecule has 0 aliphatic rings. The fraction of sp³-hybridized carbons (Fsp3) is 1.00. The lowest BCUT2D eigenvalue weighted by Crippen LogP contribution is -2.30. The van der Waals surface area contributed by atoms with Gasteiger partial charge in [0.05, 0.1) is 0 Å². The molecule has 2 heteroatoms. The molecule has 0 saturated heterocycles. The average Bonchev–Trinajstić information content (AvgIpc) is 2.42. The molecule has 116 valence electrons. The summed E-state index contributed by atoms with van der Waals surface area (Å²) in [4.78, 5) is 0. The van der Waals surface area contributed by atoms with Crippen LogP contribution in [0.25, 0.3) is 0 Å². The molecular formula is C17H37NO. The van der Waals surface area contributed by atoms with Crippen LogP contribution in [-0.2, 0) is 4.74 Å². The normalized spacial score (nSPS) is 12.8. The van der Waals surface area contributed by atoms with E-state index in [0.717, 1.165) is 26.2 Å². The van der Waals surface area contributed by atoms with Crippen LogP contribution in [0.4, 0.5) is 0 Å². The second-order valence-electron chi connectivity index (χ2n) is 5.57. The molecule has 0 aromatic heterocycles. The molecular weight excluding hydrogens is 234 g/mol. The fourth-order valence-electron chi connectivity index (χ4n) is 2.46. The summed E-state index contributed by atoms with van der Waals surface area (Å²) in [6, 6.07) is 0.664. The molecule has 1 atom stereocenters. The van der Waals surface area contributed by atoms with E-state index < -0.39 is 0 Å². The SMILES string of the molecule is CCCCCCCCCC(CCOCCC)NCC. The number of unbranched alkanes of at least 4 members (excludes halogenated alkanes) is 6. The van der Waals surface area contributed by atoms with Crippen LogP contribution in [0.3, 0.4) is 0 Å². The van der Waals surface area contributed by atoms with Gasteiger partial charge in [-0.1, -0.05) is 65.7 Å². The second kappa shape index (κ2) is 16.0. The van der Waals surface area contributed by atoms with Gasteiger partial charge in [-0.05, 0) is 25.8 Å². The van der Waals surface area contributed by atoms with Gasteiger partial charge in [0.25, 0.3) is 0 Å². The van der Waals surface area contributed by atoms with Crippen LogP contribution in [0.5, 0.6) is 0 Å². The van der Waals surface area contributed by atoms with Crippen LogP contribution < -0.4 is 5.32 Å². The van der Waals surface area contributed by atoms with E-state index in [0.29, 0.717) is 6.04 Å². The number of hydrogen-bond acceptors (Lipinski definition) is 2. The topological polar surface area (TPSA) is 21.3 Å². The Bertz CT molecular complexity index is 161. The summed E-state index contributed by atoms with van der Waals surface area (Å²) in [6.45, 7) is 9.56. The largest absolute Gasteiger partial charge is 0.381 e. The van der Waals surface area contributed by atoms with E-state index in [1.54, 1.807) is 0 Å². The van der Waals surface area contributed by atoms with E-state index in [9.17, 15) is 0 Å². The quantitative estimate of drug-likeness (QED) is 0.427. The maximum absolute atomic E-state index is 5.59. The van der Waals surface area contributed by atoms with E-state index in [2.05, 4.69) is 26.1 Å². The van der Waals surface area contributed by atoms with Gasteiger partial charge in [0.2, 0.25) is 0 Å². The second-order valence-corrected chi connectivity index (χ2v) is 5.57. The first-order chi connectivity index (χ1) is 9.35. The smallest absolute Gasteiger partial charge is 0.0480 e. The van der Waals surface area contributed by atoms with E-state index in [-0.39, 0.29) is 0 Å². The van der Waals surface area contributed by atoms with Crippen molar-refractivity contribution in [3.05, 3.63) is 0 Å². The molecule has 0 spiro atoms. The van der Waals surface area contributed by atoms with E-state index in [4.69, 9.17) is 4.74 Å². The fourth-order valence-corrected chi connectivity index (χ4v) is 2.46. The molecule has 1 unspecified atom stereocenters. The zero-order valence-electron chi connectivity index (χ0n) is 13.7. The van der Waals surface area contributed by atoms with Gasteiger partial charge in [0, 0.05) is 19.3 Å². The molecule has 0 rings (SSSR count). The molecule has 2 nitrogen and oxygen atoms in total. The molecule has 0 amide bonds. The van der Waals surface area contributed by atoms with Gasteiger partial charge in [-0.2, -0.15) is 0 Å². The highest BCUT2D eigenvalue weighted by Gasteiger charge is 2.06. The van der Waals surface area contributed by atoms with Crippen molar-refractivity contribution in [3.63, 3.8) is 0 Å². The minimum Gasteiger partial charge on any atom is -0.381 e. The lowest BCUT2D eigenvalue weighted by Gasteiger charge is -2.17. The van der Waals surface area contributed by atoms with E-state index in [1.165, 1.54) is 57.8 Å². The standard InChI is InChI=1S/C17H37NO/c1-4-7-8-9-10-11-12-13-17(18-6-3)14-16-19-15-5-2/h17-18H,4-16H2,1-3H3. The lowest BCUT2D eigenvalue weighted by molar-refractivity contribution is 0.123. The molecule has 0 aliphatic heterocycles. The summed E-state index contributed by atoms with van der Waals surface area (Å²) >= 11 is 0. The molecule has 0 aromatic rings. The van der Waals surface area contributed by atoms with Crippen LogP contribution in [0.2, 0.25) is 0 Å². The number of ether oxygens (including phenoxy) is 1. The number of hydrogen-bond donors (Lipinski definition) is 1. The highest BCUT2D eigenvalue weighted by atomic mass is 16.5. The Kier molecular flexibility index (Phi) is 15.9. The van der Waals surface area contributed by atoms with Gasteiger partial charge in [-0.3, -0.25) is 0 Å². The summed E-state index contributed by atoms with van der Waals surface area (Å²) < 4.78 is 5.59. The van der Waals surface area contributed by atoms with Crippen molar-refractivity contribution in [1.29, 1.82) is 0 Å². The first-order valence-corrected chi connectivity index (χ1v) is 8.66. The third kappa shape index (κ3) is 14.1. The zero-order valence-corrected chi connectivity index (χ0v) is 13.7. The Morgan fingerprint density at radius 3 is 2.05 bits per heavy atom. The first kappa shape index (κ1) is 18.9. The van der Waals surface area contributed by atoms with Crippen molar-refractivity contribution in [2.24, 2.45) is 0 Å². The van der Waals surface area contributed by atoms with Crippen LogP contribution in [-0.4, -0.2) is 25.8 Å². The molecule has 19 heavy (non-hydrogen) atoms. The molecule has 0 aliphatic carbocycles. The molecule has 1 N–H and O–H groups in total. The zero-order chi connectivity index (χ0) is 14.2. The van der Waals surface area contributed by atoms with Crippen molar-refractivity contribution in [2.45, 2.75) is 91.0 Å². The summed E-state index contributed by atoms with van der Waals surface area (Å²) in [5.41, 5.74) is 0. The Hall–Kier alpha value is -0.0800. The van der Waals surface area contributed by atoms with E-state index >= 15 is 0 Å². The predicted molar refractivity (Wildman–Crippen MR) is 85.8 cm³/mol. The molecule has 0 aromatic carbocycles. The summed E-state index contributed by atoms with van der Waals surface area (Å²) in [5, 5.41) is 3.59. The maximum Gasteiger partial charge on any atom is 0.0480 e. The Balaban J connectivity index is 3.42. The number of rotatable bonds is 15. The molecule has 0 bridgehead atoms. The molecule has 0 heterocycles.